The highest BCUT2D eigenvalue weighted by molar-refractivity contribution is 6.23. The van der Waals surface area contributed by atoms with Gasteiger partial charge in [-0.05, 0) is 12.8 Å². The number of nitrogens with two attached hydrogens (primary N) is 1. The molecule has 0 saturated carbocycles. The second-order valence-electron chi connectivity index (χ2n) is 5.55. The maximum atomic E-state index is 13.1. The molecule has 1 heterocycles. The summed E-state index contributed by atoms with van der Waals surface area (Å²) < 4.78 is 0. The SMILES string of the molecule is NN1CCCC1(C(=O)c1ccccc1)C(=O)c1ccccc1. The van der Waals surface area contributed by atoms with Gasteiger partial charge < -0.3 is 0 Å². The average Bonchev–Trinajstić information content (AvgIpc) is 2.97. The van der Waals surface area contributed by atoms with E-state index in [9.17, 15) is 9.59 Å². The Morgan fingerprint density at radius 1 is 0.864 bits per heavy atom. The molecule has 0 spiro atoms. The Morgan fingerprint density at radius 2 is 1.32 bits per heavy atom. The van der Waals surface area contributed by atoms with E-state index < -0.39 is 5.54 Å². The molecule has 1 saturated heterocycles. The van der Waals surface area contributed by atoms with Crippen LogP contribution in [0.2, 0.25) is 0 Å². The van der Waals surface area contributed by atoms with Gasteiger partial charge in [0.05, 0.1) is 0 Å². The molecule has 4 heteroatoms. The van der Waals surface area contributed by atoms with Crippen LogP contribution in [-0.2, 0) is 0 Å². The number of rotatable bonds is 4. The molecule has 3 rings (SSSR count). The van der Waals surface area contributed by atoms with Crippen molar-refractivity contribution >= 4 is 11.6 Å². The van der Waals surface area contributed by atoms with Crippen molar-refractivity contribution in [3.63, 3.8) is 0 Å². The molecule has 1 aliphatic heterocycles. The van der Waals surface area contributed by atoms with Crippen molar-refractivity contribution in [1.29, 1.82) is 0 Å². The van der Waals surface area contributed by atoms with Crippen LogP contribution in [0.4, 0.5) is 0 Å². The van der Waals surface area contributed by atoms with Gasteiger partial charge in [0, 0.05) is 17.7 Å². The highest BCUT2D eigenvalue weighted by Crippen LogP contribution is 2.33. The van der Waals surface area contributed by atoms with E-state index in [-0.39, 0.29) is 11.6 Å². The molecule has 2 aromatic carbocycles. The number of hydrazine groups is 1. The van der Waals surface area contributed by atoms with E-state index in [1.165, 1.54) is 5.01 Å². The van der Waals surface area contributed by atoms with E-state index in [0.717, 1.165) is 6.42 Å². The highest BCUT2D eigenvalue weighted by atomic mass is 16.2. The van der Waals surface area contributed by atoms with Gasteiger partial charge in [-0.1, -0.05) is 60.7 Å². The number of benzene rings is 2. The molecule has 0 atom stereocenters. The molecular weight excluding hydrogens is 276 g/mol. The van der Waals surface area contributed by atoms with Crippen LogP contribution in [0.3, 0.4) is 0 Å². The van der Waals surface area contributed by atoms with Gasteiger partial charge in [-0.15, -0.1) is 0 Å². The maximum absolute atomic E-state index is 13.1. The monoisotopic (exact) mass is 294 g/mol. The Morgan fingerprint density at radius 3 is 1.68 bits per heavy atom. The van der Waals surface area contributed by atoms with Gasteiger partial charge in [0.2, 0.25) is 0 Å². The van der Waals surface area contributed by atoms with Crippen molar-refractivity contribution in [3.05, 3.63) is 71.8 Å². The lowest BCUT2D eigenvalue weighted by Gasteiger charge is -2.32. The lowest BCUT2D eigenvalue weighted by molar-refractivity contribution is 0.0555. The summed E-state index contributed by atoms with van der Waals surface area (Å²) in [5, 5.41) is 1.41. The van der Waals surface area contributed by atoms with Gasteiger partial charge in [0.1, 0.15) is 0 Å². The quantitative estimate of drug-likeness (QED) is 0.534. The van der Waals surface area contributed by atoms with Crippen molar-refractivity contribution < 1.29 is 9.59 Å². The zero-order valence-electron chi connectivity index (χ0n) is 12.2. The number of Topliss-reactive ketones (excluding diaryl/α,β-unsaturated/α-hetero) is 2. The average molecular weight is 294 g/mol. The fourth-order valence-corrected chi connectivity index (χ4v) is 3.09. The van der Waals surface area contributed by atoms with Crippen molar-refractivity contribution in [2.45, 2.75) is 18.4 Å². The molecule has 2 aromatic rings. The summed E-state index contributed by atoms with van der Waals surface area (Å²) in [6.07, 6.45) is 1.18. The first kappa shape index (κ1) is 14.6. The fourth-order valence-electron chi connectivity index (χ4n) is 3.09. The van der Waals surface area contributed by atoms with Gasteiger partial charge >= 0.3 is 0 Å². The van der Waals surface area contributed by atoms with E-state index in [4.69, 9.17) is 5.84 Å². The Labute approximate surface area is 129 Å². The largest absolute Gasteiger partial charge is 0.291 e. The number of carbonyl (C=O) groups excluding carboxylic acids is 2. The standard InChI is InChI=1S/C18H18N2O2/c19-20-13-7-12-18(20,16(21)14-8-3-1-4-9-14)17(22)15-10-5-2-6-11-15/h1-6,8-11H,7,12-13,19H2. The first-order valence-corrected chi connectivity index (χ1v) is 7.38. The molecule has 0 unspecified atom stereocenters. The van der Waals surface area contributed by atoms with E-state index in [1.54, 1.807) is 48.5 Å². The van der Waals surface area contributed by atoms with Crippen LogP contribution in [0.1, 0.15) is 33.6 Å². The van der Waals surface area contributed by atoms with Crippen molar-refractivity contribution in [3.8, 4) is 0 Å². The molecule has 22 heavy (non-hydrogen) atoms. The first-order chi connectivity index (χ1) is 10.7. The lowest BCUT2D eigenvalue weighted by atomic mass is 9.80. The topological polar surface area (TPSA) is 63.4 Å². The van der Waals surface area contributed by atoms with E-state index in [2.05, 4.69) is 0 Å². The predicted molar refractivity (Wildman–Crippen MR) is 84.4 cm³/mol. The molecule has 2 N–H and O–H groups in total. The summed E-state index contributed by atoms with van der Waals surface area (Å²) >= 11 is 0. The molecular formula is C18H18N2O2. The van der Waals surface area contributed by atoms with E-state index >= 15 is 0 Å². The molecule has 112 valence electrons. The van der Waals surface area contributed by atoms with Crippen LogP contribution >= 0.6 is 0 Å². The van der Waals surface area contributed by atoms with Gasteiger partial charge in [0.15, 0.2) is 17.1 Å². The molecule has 1 aliphatic rings. The van der Waals surface area contributed by atoms with Crippen molar-refractivity contribution in [2.24, 2.45) is 5.84 Å². The fraction of sp³-hybridized carbons (Fsp3) is 0.222. The third kappa shape index (κ3) is 2.26. The minimum Gasteiger partial charge on any atom is -0.291 e. The lowest BCUT2D eigenvalue weighted by Crippen LogP contribution is -2.59. The third-order valence-electron chi connectivity index (χ3n) is 4.25. The number of hydrogen-bond donors (Lipinski definition) is 1. The van der Waals surface area contributed by atoms with Crippen LogP contribution in [0.25, 0.3) is 0 Å². The van der Waals surface area contributed by atoms with Crippen LogP contribution < -0.4 is 5.84 Å². The predicted octanol–water partition coefficient (Wildman–Crippen LogP) is 2.46. The summed E-state index contributed by atoms with van der Waals surface area (Å²) in [7, 11) is 0. The van der Waals surface area contributed by atoms with Crippen LogP contribution in [-0.4, -0.2) is 28.7 Å². The molecule has 0 bridgehead atoms. The minimum absolute atomic E-state index is 0.220. The van der Waals surface area contributed by atoms with Gasteiger partial charge in [-0.2, -0.15) is 0 Å². The maximum Gasteiger partial charge on any atom is 0.192 e. The summed E-state index contributed by atoms with van der Waals surface area (Å²) in [6, 6.07) is 17.8. The number of carbonyl (C=O) groups is 2. The van der Waals surface area contributed by atoms with Crippen molar-refractivity contribution in [2.75, 3.05) is 6.54 Å². The molecule has 4 nitrogen and oxygen atoms in total. The van der Waals surface area contributed by atoms with Crippen LogP contribution in [0.5, 0.6) is 0 Å². The summed E-state index contributed by atoms with van der Waals surface area (Å²) in [5.41, 5.74) is -0.254. The number of ketones is 2. The molecule has 1 fully saturated rings. The minimum atomic E-state index is -1.29. The Bertz CT molecular complexity index is 631. The zero-order chi connectivity index (χ0) is 15.6. The normalized spacial score (nSPS) is 17.3. The molecule has 0 aliphatic carbocycles. The number of hydrogen-bond acceptors (Lipinski definition) is 4. The van der Waals surface area contributed by atoms with Gasteiger partial charge in [-0.3, -0.25) is 15.4 Å². The van der Waals surface area contributed by atoms with Crippen LogP contribution in [0.15, 0.2) is 60.7 Å². The Kier molecular flexibility index (Phi) is 3.88. The van der Waals surface area contributed by atoms with Crippen LogP contribution in [0, 0.1) is 0 Å². The molecule has 0 radical (unpaired) electrons. The van der Waals surface area contributed by atoms with Gasteiger partial charge in [-0.25, -0.2) is 5.01 Å². The summed E-state index contributed by atoms with van der Waals surface area (Å²) in [4.78, 5) is 26.1. The van der Waals surface area contributed by atoms with E-state index in [0.29, 0.717) is 24.1 Å². The Balaban J connectivity index is 2.07. The molecule has 0 amide bonds. The van der Waals surface area contributed by atoms with E-state index in [1.807, 2.05) is 12.1 Å². The smallest absolute Gasteiger partial charge is 0.192 e. The second-order valence-corrected chi connectivity index (χ2v) is 5.55. The van der Waals surface area contributed by atoms with Gasteiger partial charge in [0.25, 0.3) is 0 Å². The highest BCUT2D eigenvalue weighted by Gasteiger charge is 2.52. The summed E-state index contributed by atoms with van der Waals surface area (Å²) in [6.45, 7) is 0.539. The molecule has 0 aromatic heterocycles. The Hall–Kier alpha value is -2.30. The first-order valence-electron chi connectivity index (χ1n) is 7.38. The second kappa shape index (κ2) is 5.83. The number of nitrogens with zero attached hydrogens (tertiary/aromatic N) is 1. The van der Waals surface area contributed by atoms with Crippen molar-refractivity contribution in [1.82, 2.24) is 5.01 Å². The zero-order valence-corrected chi connectivity index (χ0v) is 12.2. The third-order valence-corrected chi connectivity index (χ3v) is 4.25. The summed E-state index contributed by atoms with van der Waals surface area (Å²) in [5.74, 6) is 5.64.